The first-order valence-corrected chi connectivity index (χ1v) is 10.2. The van der Waals surface area contributed by atoms with Crippen molar-refractivity contribution in [3.8, 4) is 5.75 Å². The highest BCUT2D eigenvalue weighted by molar-refractivity contribution is 7.09. The summed E-state index contributed by atoms with van der Waals surface area (Å²) < 4.78 is 6.01. The Bertz CT molecular complexity index is 650. The largest absolute Gasteiger partial charge is 0.486 e. The Labute approximate surface area is 155 Å². The molecule has 3 rings (SSSR count). The highest BCUT2D eigenvalue weighted by atomic mass is 32.1. The second-order valence-electron chi connectivity index (χ2n) is 6.94. The summed E-state index contributed by atoms with van der Waals surface area (Å²) in [7, 11) is 0. The van der Waals surface area contributed by atoms with Gasteiger partial charge >= 0.3 is 0 Å². The van der Waals surface area contributed by atoms with E-state index in [1.54, 1.807) is 11.3 Å². The van der Waals surface area contributed by atoms with Gasteiger partial charge in [0, 0.05) is 25.0 Å². The van der Waals surface area contributed by atoms with E-state index in [4.69, 9.17) is 4.74 Å². The molecule has 2 heterocycles. The molecular weight excluding hydrogens is 330 g/mol. The van der Waals surface area contributed by atoms with Gasteiger partial charge in [0.2, 0.25) is 0 Å². The van der Waals surface area contributed by atoms with E-state index in [0.29, 0.717) is 12.5 Å². The molecule has 0 saturated carbocycles. The number of rotatable bonds is 9. The fraction of sp³-hybridized carbons (Fsp3) is 0.550. The number of nitrogens with one attached hydrogen (secondary N) is 1. The zero-order chi connectivity index (χ0) is 17.5. The maximum absolute atomic E-state index is 6.01. The van der Waals surface area contributed by atoms with Gasteiger partial charge < -0.3 is 15.0 Å². The van der Waals surface area contributed by atoms with Gasteiger partial charge in [-0.3, -0.25) is 0 Å². The van der Waals surface area contributed by atoms with Crippen molar-refractivity contribution >= 4 is 11.3 Å². The number of likely N-dealkylation sites (tertiary alicyclic amines) is 1. The van der Waals surface area contributed by atoms with E-state index in [0.717, 1.165) is 36.1 Å². The molecule has 0 aliphatic carbocycles. The highest BCUT2D eigenvalue weighted by Gasteiger charge is 2.11. The molecule has 5 heteroatoms. The van der Waals surface area contributed by atoms with E-state index in [9.17, 15) is 0 Å². The van der Waals surface area contributed by atoms with Crippen molar-refractivity contribution in [2.75, 3.05) is 26.2 Å². The van der Waals surface area contributed by atoms with Gasteiger partial charge in [-0.05, 0) is 43.5 Å². The van der Waals surface area contributed by atoms with E-state index in [-0.39, 0.29) is 0 Å². The van der Waals surface area contributed by atoms with Crippen LogP contribution in [-0.2, 0) is 13.2 Å². The second kappa shape index (κ2) is 9.32. The van der Waals surface area contributed by atoms with E-state index in [1.807, 2.05) is 12.1 Å². The maximum Gasteiger partial charge on any atom is 0.140 e. The molecule has 1 aromatic heterocycles. The number of aromatic nitrogens is 1. The smallest absolute Gasteiger partial charge is 0.140 e. The topological polar surface area (TPSA) is 37.4 Å². The lowest BCUT2D eigenvalue weighted by Crippen LogP contribution is -2.29. The second-order valence-corrected chi connectivity index (χ2v) is 7.88. The van der Waals surface area contributed by atoms with Crippen molar-refractivity contribution in [3.05, 3.63) is 45.9 Å². The molecule has 2 aromatic rings. The summed E-state index contributed by atoms with van der Waals surface area (Å²) in [6, 6.07) is 8.28. The number of benzene rings is 1. The minimum absolute atomic E-state index is 0.461. The molecule has 1 aliphatic heterocycles. The molecule has 1 N–H and O–H groups in total. The summed E-state index contributed by atoms with van der Waals surface area (Å²) in [5, 5.41) is 6.67. The van der Waals surface area contributed by atoms with Crippen molar-refractivity contribution in [2.24, 2.45) is 0 Å². The standard InChI is InChI=1S/C20H29N3OS/c1-16(2)18-7-3-4-8-19(18)24-14-20-22-17(15-25-20)13-21-9-12-23-10-5-6-11-23/h3-4,7-8,15-16,21H,5-6,9-14H2,1-2H3. The molecule has 1 aromatic carbocycles. The Kier molecular flexibility index (Phi) is 6.84. The molecule has 0 amide bonds. The lowest BCUT2D eigenvalue weighted by Gasteiger charge is -2.14. The first-order chi connectivity index (χ1) is 12.2. The fourth-order valence-corrected chi connectivity index (χ4v) is 3.89. The third kappa shape index (κ3) is 5.53. The predicted molar refractivity (Wildman–Crippen MR) is 104 cm³/mol. The lowest BCUT2D eigenvalue weighted by atomic mass is 10.0. The SMILES string of the molecule is CC(C)c1ccccc1OCc1nc(CNCCN2CCCC2)cs1. The van der Waals surface area contributed by atoms with Crippen LogP contribution >= 0.6 is 11.3 Å². The summed E-state index contributed by atoms with van der Waals surface area (Å²) in [6.45, 7) is 10.5. The van der Waals surface area contributed by atoms with Crippen LogP contribution in [0.15, 0.2) is 29.6 Å². The summed E-state index contributed by atoms with van der Waals surface area (Å²) in [4.78, 5) is 7.21. The van der Waals surface area contributed by atoms with E-state index >= 15 is 0 Å². The van der Waals surface area contributed by atoms with Crippen LogP contribution in [0, 0.1) is 0 Å². The molecule has 1 fully saturated rings. The quantitative estimate of drug-likeness (QED) is 0.686. The predicted octanol–water partition coefficient (Wildman–Crippen LogP) is 4.03. The zero-order valence-electron chi connectivity index (χ0n) is 15.3. The van der Waals surface area contributed by atoms with Crippen molar-refractivity contribution in [1.82, 2.24) is 15.2 Å². The molecule has 1 aliphatic rings. The van der Waals surface area contributed by atoms with Gasteiger partial charge in [-0.15, -0.1) is 11.3 Å². The summed E-state index contributed by atoms with van der Waals surface area (Å²) >= 11 is 1.68. The molecular formula is C20H29N3OS. The number of hydrogen-bond donors (Lipinski definition) is 1. The molecule has 136 valence electrons. The van der Waals surface area contributed by atoms with Crippen LogP contribution in [0.2, 0.25) is 0 Å². The van der Waals surface area contributed by atoms with Crippen LogP contribution in [-0.4, -0.2) is 36.1 Å². The van der Waals surface area contributed by atoms with E-state index in [2.05, 4.69) is 46.6 Å². The van der Waals surface area contributed by atoms with Gasteiger partial charge in [0.1, 0.15) is 17.4 Å². The minimum Gasteiger partial charge on any atom is -0.486 e. The summed E-state index contributed by atoms with van der Waals surface area (Å²) in [5.41, 5.74) is 2.37. The number of ether oxygens (including phenoxy) is 1. The number of nitrogens with zero attached hydrogens (tertiary/aromatic N) is 2. The molecule has 0 spiro atoms. The fourth-order valence-electron chi connectivity index (χ4n) is 3.18. The molecule has 4 nitrogen and oxygen atoms in total. The minimum atomic E-state index is 0.461. The van der Waals surface area contributed by atoms with Crippen LogP contribution in [0.5, 0.6) is 5.75 Å². The lowest BCUT2D eigenvalue weighted by molar-refractivity contribution is 0.301. The Morgan fingerprint density at radius 2 is 2.04 bits per heavy atom. The molecule has 0 bridgehead atoms. The van der Waals surface area contributed by atoms with Crippen molar-refractivity contribution in [3.63, 3.8) is 0 Å². The van der Waals surface area contributed by atoms with Gasteiger partial charge in [0.05, 0.1) is 5.69 Å². The van der Waals surface area contributed by atoms with Crippen LogP contribution in [0.4, 0.5) is 0 Å². The van der Waals surface area contributed by atoms with Crippen molar-refractivity contribution in [1.29, 1.82) is 0 Å². The van der Waals surface area contributed by atoms with E-state index in [1.165, 1.54) is 31.5 Å². The average molecular weight is 360 g/mol. The molecule has 0 radical (unpaired) electrons. The van der Waals surface area contributed by atoms with Crippen LogP contribution in [0.3, 0.4) is 0 Å². The third-order valence-electron chi connectivity index (χ3n) is 4.60. The van der Waals surface area contributed by atoms with Crippen LogP contribution in [0.1, 0.15) is 48.9 Å². The summed E-state index contributed by atoms with van der Waals surface area (Å²) in [6.07, 6.45) is 2.71. The van der Waals surface area contributed by atoms with Crippen molar-refractivity contribution < 1.29 is 4.74 Å². The van der Waals surface area contributed by atoms with Gasteiger partial charge in [-0.2, -0.15) is 0 Å². The van der Waals surface area contributed by atoms with Gasteiger partial charge in [-0.25, -0.2) is 4.98 Å². The zero-order valence-corrected chi connectivity index (χ0v) is 16.1. The molecule has 0 atom stereocenters. The highest BCUT2D eigenvalue weighted by Crippen LogP contribution is 2.26. The number of thiazole rings is 1. The average Bonchev–Trinajstić information content (AvgIpc) is 3.29. The summed E-state index contributed by atoms with van der Waals surface area (Å²) in [5.74, 6) is 1.43. The number of para-hydroxylation sites is 1. The van der Waals surface area contributed by atoms with Gasteiger partial charge in [-0.1, -0.05) is 32.0 Å². The Hall–Kier alpha value is -1.43. The first kappa shape index (κ1) is 18.4. The van der Waals surface area contributed by atoms with Gasteiger partial charge in [0.25, 0.3) is 0 Å². The number of hydrogen-bond acceptors (Lipinski definition) is 5. The third-order valence-corrected chi connectivity index (χ3v) is 5.47. The Balaban J connectivity index is 1.42. The molecule has 25 heavy (non-hydrogen) atoms. The van der Waals surface area contributed by atoms with Crippen LogP contribution in [0.25, 0.3) is 0 Å². The molecule has 1 saturated heterocycles. The Morgan fingerprint density at radius 1 is 1.24 bits per heavy atom. The monoisotopic (exact) mass is 359 g/mol. The van der Waals surface area contributed by atoms with Crippen molar-refractivity contribution in [2.45, 2.75) is 45.8 Å². The normalized spacial score (nSPS) is 15.2. The Morgan fingerprint density at radius 3 is 2.84 bits per heavy atom. The maximum atomic E-state index is 6.01. The van der Waals surface area contributed by atoms with E-state index < -0.39 is 0 Å². The first-order valence-electron chi connectivity index (χ1n) is 9.30. The molecule has 0 unspecified atom stereocenters. The van der Waals surface area contributed by atoms with Gasteiger partial charge in [0.15, 0.2) is 0 Å². The van der Waals surface area contributed by atoms with Crippen LogP contribution < -0.4 is 10.1 Å².